The Balaban J connectivity index is 1.73. The van der Waals surface area contributed by atoms with Gasteiger partial charge in [-0.1, -0.05) is 24.3 Å². The molecule has 3 heterocycles. The predicted octanol–water partition coefficient (Wildman–Crippen LogP) is 3.35. The van der Waals surface area contributed by atoms with Crippen molar-refractivity contribution >= 4 is 10.8 Å². The molecule has 2 aromatic rings. The van der Waals surface area contributed by atoms with Crippen molar-refractivity contribution in [3.63, 3.8) is 0 Å². The number of phenols is 1. The van der Waals surface area contributed by atoms with Crippen molar-refractivity contribution in [2.24, 2.45) is 5.92 Å². The Morgan fingerprint density at radius 2 is 1.68 bits per heavy atom. The molecule has 1 atom stereocenters. The number of benzene rings is 2. The zero-order chi connectivity index (χ0) is 12.8. The predicted molar refractivity (Wildman–Crippen MR) is 77.5 cm³/mol. The fraction of sp³-hybridized carbons (Fsp3) is 0.412. The topological polar surface area (TPSA) is 23.5 Å². The molecule has 3 fully saturated rings. The maximum absolute atomic E-state index is 9.53. The van der Waals surface area contributed by atoms with E-state index < -0.39 is 0 Å². The summed E-state index contributed by atoms with van der Waals surface area (Å²) in [6, 6.07) is 12.4. The van der Waals surface area contributed by atoms with Crippen LogP contribution in [-0.4, -0.2) is 29.6 Å². The molecule has 2 heteroatoms. The van der Waals surface area contributed by atoms with Crippen LogP contribution in [0.1, 0.15) is 24.3 Å². The molecule has 1 N–H and O–H groups in total. The minimum Gasteiger partial charge on any atom is -0.508 e. The molecular formula is C17H19NO. The van der Waals surface area contributed by atoms with E-state index in [-0.39, 0.29) is 0 Å². The first-order valence-electron chi connectivity index (χ1n) is 7.25. The molecule has 3 saturated heterocycles. The average molecular weight is 253 g/mol. The largest absolute Gasteiger partial charge is 0.508 e. The second kappa shape index (κ2) is 4.24. The summed E-state index contributed by atoms with van der Waals surface area (Å²) >= 11 is 0. The van der Waals surface area contributed by atoms with E-state index in [1.807, 2.05) is 12.1 Å². The molecule has 0 radical (unpaired) electrons. The van der Waals surface area contributed by atoms with Crippen LogP contribution in [0.5, 0.6) is 5.75 Å². The molecule has 98 valence electrons. The van der Waals surface area contributed by atoms with Gasteiger partial charge in [-0.15, -0.1) is 0 Å². The first kappa shape index (κ1) is 11.3. The highest BCUT2D eigenvalue weighted by molar-refractivity contribution is 5.84. The lowest BCUT2D eigenvalue weighted by Gasteiger charge is -2.45. The summed E-state index contributed by atoms with van der Waals surface area (Å²) < 4.78 is 0. The molecule has 1 unspecified atom stereocenters. The monoisotopic (exact) mass is 253 g/mol. The smallest absolute Gasteiger partial charge is 0.116 e. The SMILES string of the molecule is Oc1ccc2cc(C3CN4CCC3CC4)ccc2c1. The molecular weight excluding hydrogens is 234 g/mol. The van der Waals surface area contributed by atoms with E-state index in [1.54, 1.807) is 6.07 Å². The molecule has 0 aliphatic carbocycles. The van der Waals surface area contributed by atoms with Gasteiger partial charge in [-0.05, 0) is 66.2 Å². The van der Waals surface area contributed by atoms with Gasteiger partial charge in [-0.25, -0.2) is 0 Å². The number of aromatic hydroxyl groups is 1. The summed E-state index contributed by atoms with van der Waals surface area (Å²) in [4.78, 5) is 2.60. The van der Waals surface area contributed by atoms with E-state index in [9.17, 15) is 5.11 Å². The van der Waals surface area contributed by atoms with E-state index in [0.717, 1.165) is 11.3 Å². The van der Waals surface area contributed by atoms with Crippen LogP contribution in [0.3, 0.4) is 0 Å². The van der Waals surface area contributed by atoms with Crippen molar-refractivity contribution in [3.05, 3.63) is 42.0 Å². The first-order valence-corrected chi connectivity index (χ1v) is 7.25. The number of nitrogens with zero attached hydrogens (tertiary/aromatic N) is 1. The van der Waals surface area contributed by atoms with Crippen LogP contribution in [-0.2, 0) is 0 Å². The number of rotatable bonds is 1. The van der Waals surface area contributed by atoms with Gasteiger partial charge in [0.2, 0.25) is 0 Å². The Bertz CT molecular complexity index is 614. The van der Waals surface area contributed by atoms with Gasteiger partial charge in [0.1, 0.15) is 5.75 Å². The van der Waals surface area contributed by atoms with Crippen molar-refractivity contribution < 1.29 is 5.11 Å². The molecule has 0 aromatic heterocycles. The lowest BCUT2D eigenvalue weighted by molar-refractivity contribution is 0.0871. The van der Waals surface area contributed by atoms with Crippen molar-refractivity contribution in [1.29, 1.82) is 0 Å². The van der Waals surface area contributed by atoms with Crippen molar-refractivity contribution in [3.8, 4) is 5.75 Å². The van der Waals surface area contributed by atoms with Crippen LogP contribution < -0.4 is 0 Å². The zero-order valence-corrected chi connectivity index (χ0v) is 11.0. The van der Waals surface area contributed by atoms with Gasteiger partial charge in [0.15, 0.2) is 0 Å². The maximum atomic E-state index is 9.53. The van der Waals surface area contributed by atoms with Crippen LogP contribution >= 0.6 is 0 Å². The van der Waals surface area contributed by atoms with E-state index >= 15 is 0 Å². The van der Waals surface area contributed by atoms with E-state index in [0.29, 0.717) is 11.7 Å². The summed E-state index contributed by atoms with van der Waals surface area (Å²) in [5.74, 6) is 1.93. The molecule has 19 heavy (non-hydrogen) atoms. The summed E-state index contributed by atoms with van der Waals surface area (Å²) in [6.07, 6.45) is 2.72. The van der Waals surface area contributed by atoms with Crippen LogP contribution in [0.15, 0.2) is 36.4 Å². The fourth-order valence-corrected chi connectivity index (χ4v) is 3.82. The third kappa shape index (κ3) is 1.91. The van der Waals surface area contributed by atoms with E-state index in [1.165, 1.54) is 43.4 Å². The van der Waals surface area contributed by atoms with Gasteiger partial charge in [-0.3, -0.25) is 0 Å². The van der Waals surface area contributed by atoms with Crippen LogP contribution in [0.4, 0.5) is 0 Å². The average Bonchev–Trinajstić information content (AvgIpc) is 2.48. The molecule has 0 amide bonds. The van der Waals surface area contributed by atoms with E-state index in [2.05, 4.69) is 23.1 Å². The third-order valence-corrected chi connectivity index (χ3v) is 4.93. The molecule has 2 nitrogen and oxygen atoms in total. The zero-order valence-electron chi connectivity index (χ0n) is 11.0. The summed E-state index contributed by atoms with van der Waals surface area (Å²) in [7, 11) is 0. The van der Waals surface area contributed by atoms with Gasteiger partial charge in [-0.2, -0.15) is 0 Å². The van der Waals surface area contributed by atoms with Gasteiger partial charge in [0.25, 0.3) is 0 Å². The van der Waals surface area contributed by atoms with Crippen LogP contribution in [0.25, 0.3) is 10.8 Å². The van der Waals surface area contributed by atoms with E-state index in [4.69, 9.17) is 0 Å². The van der Waals surface area contributed by atoms with Crippen LogP contribution in [0, 0.1) is 5.92 Å². The molecule has 3 aliphatic rings. The highest BCUT2D eigenvalue weighted by Gasteiger charge is 2.34. The Morgan fingerprint density at radius 1 is 0.947 bits per heavy atom. The standard InChI is InChI=1S/C17H19NO/c19-16-4-3-13-9-15(2-1-14(13)10-16)17-11-18-7-5-12(17)6-8-18/h1-4,9-10,12,17,19H,5-8,11H2. The minimum atomic E-state index is 0.350. The molecule has 0 spiro atoms. The Hall–Kier alpha value is -1.54. The van der Waals surface area contributed by atoms with Crippen molar-refractivity contribution in [2.45, 2.75) is 18.8 Å². The Labute approximate surface area is 113 Å². The number of piperidine rings is 3. The first-order chi connectivity index (χ1) is 9.29. The third-order valence-electron chi connectivity index (χ3n) is 4.93. The molecule has 2 bridgehead atoms. The number of hydrogen-bond acceptors (Lipinski definition) is 2. The summed E-state index contributed by atoms with van der Waals surface area (Å²) in [5, 5.41) is 11.9. The normalized spacial score (nSPS) is 29.8. The summed E-state index contributed by atoms with van der Waals surface area (Å²) in [6.45, 7) is 3.82. The highest BCUT2D eigenvalue weighted by atomic mass is 16.3. The Morgan fingerprint density at radius 3 is 2.42 bits per heavy atom. The molecule has 0 saturated carbocycles. The second-order valence-electron chi connectivity index (χ2n) is 6.04. The van der Waals surface area contributed by atoms with Gasteiger partial charge >= 0.3 is 0 Å². The summed E-state index contributed by atoms with van der Waals surface area (Å²) in [5.41, 5.74) is 1.48. The second-order valence-corrected chi connectivity index (χ2v) is 6.04. The van der Waals surface area contributed by atoms with Crippen molar-refractivity contribution in [2.75, 3.05) is 19.6 Å². The van der Waals surface area contributed by atoms with Gasteiger partial charge < -0.3 is 10.0 Å². The minimum absolute atomic E-state index is 0.350. The van der Waals surface area contributed by atoms with Gasteiger partial charge in [0, 0.05) is 6.54 Å². The van der Waals surface area contributed by atoms with Crippen LogP contribution in [0.2, 0.25) is 0 Å². The fourth-order valence-electron chi connectivity index (χ4n) is 3.82. The lowest BCUT2D eigenvalue weighted by Crippen LogP contribution is -2.46. The number of hydrogen-bond donors (Lipinski definition) is 1. The molecule has 3 aliphatic heterocycles. The number of phenolic OH excluding ortho intramolecular Hbond substituents is 1. The van der Waals surface area contributed by atoms with Gasteiger partial charge in [0.05, 0.1) is 0 Å². The quantitative estimate of drug-likeness (QED) is 0.842. The number of fused-ring (bicyclic) bond motifs is 4. The lowest BCUT2D eigenvalue weighted by atomic mass is 9.75. The van der Waals surface area contributed by atoms with Crippen molar-refractivity contribution in [1.82, 2.24) is 4.90 Å². The maximum Gasteiger partial charge on any atom is 0.116 e. The molecule has 2 aromatic carbocycles. The molecule has 5 rings (SSSR count). The highest BCUT2D eigenvalue weighted by Crippen LogP contribution is 2.39. The Kier molecular flexibility index (Phi) is 2.52.